The van der Waals surface area contributed by atoms with Crippen LogP contribution in [0.1, 0.15) is 48.9 Å². The lowest BCUT2D eigenvalue weighted by molar-refractivity contribution is -0.121. The molecular formula is C23H23N3O3S. The van der Waals surface area contributed by atoms with Gasteiger partial charge in [0.1, 0.15) is 16.8 Å². The number of thioether (sulfide) groups is 1. The molecule has 1 aromatic carbocycles. The fraction of sp³-hybridized carbons (Fsp3) is 0.391. The average molecular weight is 422 g/mol. The Morgan fingerprint density at radius 1 is 1.13 bits per heavy atom. The maximum atomic E-state index is 13.0. The third-order valence-corrected chi connectivity index (χ3v) is 6.76. The summed E-state index contributed by atoms with van der Waals surface area (Å²) in [6, 6.07) is 11.0. The van der Waals surface area contributed by atoms with Crippen LogP contribution >= 0.6 is 11.8 Å². The molecule has 1 fully saturated rings. The van der Waals surface area contributed by atoms with Crippen molar-refractivity contribution in [3.63, 3.8) is 0 Å². The summed E-state index contributed by atoms with van der Waals surface area (Å²) in [6.45, 7) is 0. The van der Waals surface area contributed by atoms with Gasteiger partial charge in [-0.1, -0.05) is 24.6 Å². The van der Waals surface area contributed by atoms with E-state index in [9.17, 15) is 14.9 Å². The lowest BCUT2D eigenvalue weighted by Gasteiger charge is -2.17. The molecule has 2 heterocycles. The average Bonchev–Trinajstić information content (AvgIpc) is 3.02. The van der Waals surface area contributed by atoms with E-state index in [1.165, 1.54) is 29.5 Å². The summed E-state index contributed by atoms with van der Waals surface area (Å²) < 4.78 is 5.14. The minimum absolute atomic E-state index is 0.0964. The standard InChI is InChI=1S/C23H23N3O3S/c1-29-18-10-8-17(9-11-18)26-21(27)13-20(23(26)28)30-22-16(14-24)12-15-6-4-2-3-5-7-19(15)25-22/h8-12,20H,2-7,13H2,1H3/t20-/m1/s1. The first-order valence-corrected chi connectivity index (χ1v) is 11.1. The van der Waals surface area contributed by atoms with E-state index in [1.807, 2.05) is 6.07 Å². The third kappa shape index (κ3) is 4.05. The molecule has 2 aliphatic rings. The van der Waals surface area contributed by atoms with Gasteiger partial charge in [-0.2, -0.15) is 5.26 Å². The molecule has 30 heavy (non-hydrogen) atoms. The maximum absolute atomic E-state index is 13.0. The van der Waals surface area contributed by atoms with Crippen LogP contribution in [0.15, 0.2) is 35.4 Å². The van der Waals surface area contributed by atoms with Crippen LogP contribution < -0.4 is 9.64 Å². The quantitative estimate of drug-likeness (QED) is 0.693. The van der Waals surface area contributed by atoms with E-state index in [-0.39, 0.29) is 18.2 Å². The summed E-state index contributed by atoms with van der Waals surface area (Å²) in [5, 5.41) is 9.62. The largest absolute Gasteiger partial charge is 0.497 e. The third-order valence-electron chi connectivity index (χ3n) is 5.58. The zero-order chi connectivity index (χ0) is 21.1. The summed E-state index contributed by atoms with van der Waals surface area (Å²) in [4.78, 5) is 31.6. The summed E-state index contributed by atoms with van der Waals surface area (Å²) >= 11 is 1.23. The summed E-state index contributed by atoms with van der Waals surface area (Å²) in [7, 11) is 1.57. The second-order valence-corrected chi connectivity index (χ2v) is 8.74. The molecule has 4 rings (SSSR count). The van der Waals surface area contributed by atoms with Gasteiger partial charge in [-0.15, -0.1) is 0 Å². The number of aromatic nitrogens is 1. The first kappa shape index (κ1) is 20.4. The Hall–Kier alpha value is -2.85. The normalized spacial score (nSPS) is 19.1. The predicted molar refractivity (Wildman–Crippen MR) is 115 cm³/mol. The number of pyridine rings is 1. The van der Waals surface area contributed by atoms with Crippen LogP contribution in [0.3, 0.4) is 0 Å². The number of anilines is 1. The van der Waals surface area contributed by atoms with Crippen LogP contribution in [0.5, 0.6) is 5.75 Å². The highest BCUT2D eigenvalue weighted by atomic mass is 32.2. The number of hydrogen-bond donors (Lipinski definition) is 0. The molecule has 0 unspecified atom stereocenters. The van der Waals surface area contributed by atoms with E-state index < -0.39 is 5.25 Å². The Labute approximate surface area is 180 Å². The number of benzene rings is 1. The van der Waals surface area contributed by atoms with Gasteiger partial charge >= 0.3 is 0 Å². The van der Waals surface area contributed by atoms with Crippen molar-refractivity contribution in [1.82, 2.24) is 4.98 Å². The van der Waals surface area contributed by atoms with Crippen LogP contribution in [0.25, 0.3) is 0 Å². The number of ether oxygens (including phenoxy) is 1. The Bertz CT molecular complexity index is 1010. The van der Waals surface area contributed by atoms with Gasteiger partial charge in [0.15, 0.2) is 0 Å². The number of amides is 2. The van der Waals surface area contributed by atoms with Gasteiger partial charge in [-0.3, -0.25) is 9.59 Å². The van der Waals surface area contributed by atoms with Crippen molar-refractivity contribution in [3.05, 3.63) is 47.2 Å². The number of carbonyl (C=O) groups is 2. The molecule has 1 aromatic heterocycles. The molecule has 1 atom stereocenters. The highest BCUT2D eigenvalue weighted by Crippen LogP contribution is 2.36. The number of methoxy groups -OCH3 is 1. The zero-order valence-electron chi connectivity index (χ0n) is 16.9. The monoisotopic (exact) mass is 421 g/mol. The number of fused-ring (bicyclic) bond motifs is 1. The zero-order valence-corrected chi connectivity index (χ0v) is 17.7. The van der Waals surface area contributed by atoms with Crippen LogP contribution in [0.4, 0.5) is 5.69 Å². The highest BCUT2D eigenvalue weighted by Gasteiger charge is 2.40. The Morgan fingerprint density at radius 3 is 2.57 bits per heavy atom. The number of hydrogen-bond acceptors (Lipinski definition) is 6. The van der Waals surface area contributed by atoms with E-state index in [0.29, 0.717) is 22.0 Å². The molecule has 6 nitrogen and oxygen atoms in total. The topological polar surface area (TPSA) is 83.3 Å². The maximum Gasteiger partial charge on any atom is 0.247 e. The molecule has 154 valence electrons. The molecule has 0 saturated carbocycles. The van der Waals surface area contributed by atoms with Gasteiger partial charge in [-0.25, -0.2) is 9.88 Å². The van der Waals surface area contributed by atoms with Crippen molar-refractivity contribution in [3.8, 4) is 11.8 Å². The number of nitrogens with zero attached hydrogens (tertiary/aromatic N) is 3. The number of carbonyl (C=O) groups excluding carboxylic acids is 2. The predicted octanol–water partition coefficient (Wildman–Crippen LogP) is 4.05. The van der Waals surface area contributed by atoms with Crippen LogP contribution in [-0.2, 0) is 22.4 Å². The van der Waals surface area contributed by atoms with Crippen molar-refractivity contribution in [2.75, 3.05) is 12.0 Å². The van der Waals surface area contributed by atoms with E-state index >= 15 is 0 Å². The molecule has 2 amide bonds. The SMILES string of the molecule is COc1ccc(N2C(=O)C[C@@H](Sc3nc4c(cc3C#N)CCCCCC4)C2=O)cc1. The number of rotatable bonds is 4. The molecule has 2 aromatic rings. The van der Waals surface area contributed by atoms with Crippen molar-refractivity contribution in [2.45, 2.75) is 55.2 Å². The van der Waals surface area contributed by atoms with Gasteiger partial charge in [0.2, 0.25) is 11.8 Å². The molecule has 1 aliphatic heterocycles. The molecule has 7 heteroatoms. The molecule has 0 bridgehead atoms. The first-order valence-electron chi connectivity index (χ1n) is 10.2. The molecule has 1 aliphatic carbocycles. The minimum atomic E-state index is -0.578. The molecule has 0 radical (unpaired) electrons. The second-order valence-electron chi connectivity index (χ2n) is 7.55. The summed E-state index contributed by atoms with van der Waals surface area (Å²) in [6.07, 6.45) is 6.52. The van der Waals surface area contributed by atoms with Gasteiger partial charge < -0.3 is 4.74 Å². The van der Waals surface area contributed by atoms with Crippen LogP contribution in [-0.4, -0.2) is 29.2 Å². The van der Waals surface area contributed by atoms with Gasteiger partial charge in [0.25, 0.3) is 0 Å². The Balaban J connectivity index is 1.58. The number of imide groups is 1. The minimum Gasteiger partial charge on any atom is -0.497 e. The molecule has 0 spiro atoms. The molecule has 1 saturated heterocycles. The smallest absolute Gasteiger partial charge is 0.247 e. The van der Waals surface area contributed by atoms with Gasteiger partial charge in [0.05, 0.1) is 23.6 Å². The Kier molecular flexibility index (Phi) is 6.05. The summed E-state index contributed by atoms with van der Waals surface area (Å²) in [5.41, 5.74) is 3.19. The lowest BCUT2D eigenvalue weighted by Crippen LogP contribution is -2.31. The number of nitriles is 1. The van der Waals surface area contributed by atoms with E-state index in [1.54, 1.807) is 31.4 Å². The van der Waals surface area contributed by atoms with Crippen LogP contribution in [0, 0.1) is 11.3 Å². The highest BCUT2D eigenvalue weighted by molar-refractivity contribution is 8.00. The Morgan fingerprint density at radius 2 is 1.87 bits per heavy atom. The van der Waals surface area contributed by atoms with Crippen LogP contribution in [0.2, 0.25) is 0 Å². The van der Waals surface area contributed by atoms with Crippen molar-refractivity contribution < 1.29 is 14.3 Å². The second kappa shape index (κ2) is 8.88. The van der Waals surface area contributed by atoms with Gasteiger partial charge in [0, 0.05) is 12.1 Å². The lowest BCUT2D eigenvalue weighted by atomic mass is 9.96. The van der Waals surface area contributed by atoms with Crippen molar-refractivity contribution >= 4 is 29.3 Å². The van der Waals surface area contributed by atoms with Crippen molar-refractivity contribution in [1.29, 1.82) is 5.26 Å². The van der Waals surface area contributed by atoms with Gasteiger partial charge in [-0.05, 0) is 61.6 Å². The van der Waals surface area contributed by atoms with E-state index in [4.69, 9.17) is 9.72 Å². The fourth-order valence-electron chi connectivity index (χ4n) is 3.97. The van der Waals surface area contributed by atoms with E-state index in [2.05, 4.69) is 6.07 Å². The van der Waals surface area contributed by atoms with Crippen molar-refractivity contribution in [2.24, 2.45) is 0 Å². The van der Waals surface area contributed by atoms with E-state index in [0.717, 1.165) is 36.9 Å². The number of aryl methyl sites for hydroxylation is 2. The first-order chi connectivity index (χ1) is 14.6. The molecule has 0 N–H and O–H groups in total. The fourth-order valence-corrected chi connectivity index (χ4v) is 5.07. The summed E-state index contributed by atoms with van der Waals surface area (Å²) in [5.74, 6) is 0.146. The molecular weight excluding hydrogens is 398 g/mol.